The molecule has 0 spiro atoms. The summed E-state index contributed by atoms with van der Waals surface area (Å²) in [7, 11) is -2.40. The maximum Gasteiger partial charge on any atom is 0.407 e. The Labute approximate surface area is 249 Å². The van der Waals surface area contributed by atoms with Gasteiger partial charge in [-0.3, -0.25) is 0 Å². The van der Waals surface area contributed by atoms with Crippen LogP contribution in [0.25, 0.3) is 0 Å². The number of carbonyl (C=O) groups excluding carboxylic acids is 1. The number of nitrogens with one attached hydrogen (secondary N) is 1. The van der Waals surface area contributed by atoms with Crippen LogP contribution < -0.4 is 10.1 Å². The Balaban J connectivity index is 1.31. The largest absolute Gasteiger partial charge is 0.497 e. The number of ether oxygens (including phenoxy) is 3. The molecule has 2 saturated carbocycles. The second-order valence-electron chi connectivity index (χ2n) is 12.4. The Kier molecular flexibility index (Phi) is 9.77. The summed E-state index contributed by atoms with van der Waals surface area (Å²) in [6.07, 6.45) is 2.65. The number of alkyl carbamates (subject to hydrolysis) is 1. The minimum atomic E-state index is -3.93. The van der Waals surface area contributed by atoms with Crippen LogP contribution in [0.3, 0.4) is 0 Å². The molecule has 1 saturated heterocycles. The Hall–Kier alpha value is -2.66. The van der Waals surface area contributed by atoms with Crippen LogP contribution in [-0.4, -0.2) is 75.1 Å². The van der Waals surface area contributed by atoms with E-state index in [-0.39, 0.29) is 36.1 Å². The molecule has 5 rings (SSSR count). The van der Waals surface area contributed by atoms with Crippen molar-refractivity contribution >= 4 is 16.1 Å². The van der Waals surface area contributed by atoms with Gasteiger partial charge in [0.15, 0.2) is 0 Å². The van der Waals surface area contributed by atoms with Crippen molar-refractivity contribution in [3.05, 3.63) is 60.2 Å². The molecule has 2 N–H and O–H groups in total. The topological polar surface area (TPSA) is 114 Å². The lowest BCUT2D eigenvalue weighted by Gasteiger charge is -2.33. The maximum absolute atomic E-state index is 13.7. The maximum atomic E-state index is 13.7. The summed E-state index contributed by atoms with van der Waals surface area (Å²) in [5.41, 5.74) is 0.915. The number of aliphatic hydroxyl groups is 1. The van der Waals surface area contributed by atoms with E-state index in [0.29, 0.717) is 29.9 Å². The molecule has 2 aliphatic carbocycles. The third kappa shape index (κ3) is 6.93. The van der Waals surface area contributed by atoms with Crippen molar-refractivity contribution in [2.24, 2.45) is 23.7 Å². The highest BCUT2D eigenvalue weighted by molar-refractivity contribution is 7.89. The van der Waals surface area contributed by atoms with Crippen molar-refractivity contribution in [2.45, 2.75) is 75.2 Å². The average molecular weight is 601 g/mol. The van der Waals surface area contributed by atoms with Crippen molar-refractivity contribution < 1.29 is 32.5 Å². The first-order valence-electron chi connectivity index (χ1n) is 15.1. The number of carbonyl (C=O) groups is 1. The molecule has 2 aromatic carbocycles. The normalized spacial score (nSPS) is 26.6. The van der Waals surface area contributed by atoms with E-state index in [1.54, 1.807) is 12.1 Å². The van der Waals surface area contributed by atoms with Gasteiger partial charge in [0, 0.05) is 19.0 Å². The van der Waals surface area contributed by atoms with Gasteiger partial charge >= 0.3 is 6.09 Å². The first-order chi connectivity index (χ1) is 20.2. The van der Waals surface area contributed by atoms with E-state index in [2.05, 4.69) is 5.32 Å². The molecule has 2 aromatic rings. The highest BCUT2D eigenvalue weighted by Crippen LogP contribution is 2.51. The number of benzene rings is 2. The summed E-state index contributed by atoms with van der Waals surface area (Å²) in [6.45, 7) is 4.62. The van der Waals surface area contributed by atoms with Gasteiger partial charge in [-0.1, -0.05) is 50.6 Å². The number of hydrogen-bond donors (Lipinski definition) is 2. The minimum Gasteiger partial charge on any atom is -0.497 e. The molecule has 1 amide bonds. The third-order valence-electron chi connectivity index (χ3n) is 9.01. The SMILES string of the molecule is COc1ccc(S(=O)(=O)N(CC(C)C)C[C@@H](O)[C@H](Cc2ccccc2)NC(=O)O[C@@H]2C[C@@H]3CO[C@@H]4CCCC2[C@H]34)cc1. The van der Waals surface area contributed by atoms with Crippen LogP contribution in [0.5, 0.6) is 5.75 Å². The molecule has 42 heavy (non-hydrogen) atoms. The molecule has 3 fully saturated rings. The minimum absolute atomic E-state index is 0.0147. The number of aliphatic hydroxyl groups excluding tert-OH is 1. The van der Waals surface area contributed by atoms with E-state index in [1.807, 2.05) is 44.2 Å². The van der Waals surface area contributed by atoms with Gasteiger partial charge in [0.1, 0.15) is 11.9 Å². The van der Waals surface area contributed by atoms with Crippen LogP contribution >= 0.6 is 0 Å². The summed E-state index contributed by atoms with van der Waals surface area (Å²) >= 11 is 0. The van der Waals surface area contributed by atoms with Gasteiger partial charge in [0.05, 0.1) is 36.9 Å². The smallest absolute Gasteiger partial charge is 0.407 e. The van der Waals surface area contributed by atoms with E-state index in [9.17, 15) is 18.3 Å². The Morgan fingerprint density at radius 1 is 1.10 bits per heavy atom. The summed E-state index contributed by atoms with van der Waals surface area (Å²) < 4.78 is 45.9. The highest BCUT2D eigenvalue weighted by Gasteiger charge is 2.53. The lowest BCUT2D eigenvalue weighted by Crippen LogP contribution is -2.51. The van der Waals surface area contributed by atoms with E-state index < -0.39 is 28.3 Å². The predicted octanol–water partition coefficient (Wildman–Crippen LogP) is 4.24. The third-order valence-corrected chi connectivity index (χ3v) is 10.9. The zero-order chi connectivity index (χ0) is 29.9. The second kappa shape index (κ2) is 13.3. The van der Waals surface area contributed by atoms with Crippen LogP contribution in [0, 0.1) is 23.7 Å². The summed E-state index contributed by atoms with van der Waals surface area (Å²) in [6, 6.07) is 15.0. The van der Waals surface area contributed by atoms with Gasteiger partial charge in [-0.25, -0.2) is 13.2 Å². The van der Waals surface area contributed by atoms with Crippen LogP contribution in [0.1, 0.15) is 45.1 Å². The Morgan fingerprint density at radius 2 is 1.83 bits per heavy atom. The molecular weight excluding hydrogens is 556 g/mol. The zero-order valence-corrected chi connectivity index (χ0v) is 25.5. The molecule has 10 heteroatoms. The number of amides is 1. The van der Waals surface area contributed by atoms with Gasteiger partial charge in [-0.05, 0) is 73.3 Å². The second-order valence-corrected chi connectivity index (χ2v) is 14.3. The molecule has 0 bridgehead atoms. The van der Waals surface area contributed by atoms with Crippen LogP contribution in [0.4, 0.5) is 4.79 Å². The quantitative estimate of drug-likeness (QED) is 0.375. The number of methoxy groups -OCH3 is 1. The fraction of sp³-hybridized carbons (Fsp3) is 0.594. The molecule has 1 unspecified atom stereocenters. The van der Waals surface area contributed by atoms with Crippen molar-refractivity contribution in [3.8, 4) is 5.75 Å². The van der Waals surface area contributed by atoms with Gasteiger partial charge in [0.2, 0.25) is 10.0 Å². The molecule has 230 valence electrons. The van der Waals surface area contributed by atoms with E-state index in [4.69, 9.17) is 14.2 Å². The zero-order valence-electron chi connectivity index (χ0n) is 24.7. The predicted molar refractivity (Wildman–Crippen MR) is 159 cm³/mol. The van der Waals surface area contributed by atoms with Crippen LogP contribution in [0.15, 0.2) is 59.5 Å². The molecule has 0 radical (unpaired) electrons. The first-order valence-corrected chi connectivity index (χ1v) is 16.5. The fourth-order valence-corrected chi connectivity index (χ4v) is 8.70. The molecular formula is C32H44N2O7S. The summed E-state index contributed by atoms with van der Waals surface area (Å²) in [5, 5.41) is 14.4. The van der Waals surface area contributed by atoms with Gasteiger partial charge in [-0.2, -0.15) is 4.31 Å². The van der Waals surface area contributed by atoms with Gasteiger partial charge in [0.25, 0.3) is 0 Å². The van der Waals surface area contributed by atoms with Crippen molar-refractivity contribution in [1.82, 2.24) is 9.62 Å². The average Bonchev–Trinajstić information content (AvgIpc) is 3.55. The van der Waals surface area contributed by atoms with Crippen molar-refractivity contribution in [3.63, 3.8) is 0 Å². The standard InChI is InChI=1S/C32H44N2O7S/c1-21(2)18-34(42(37,38)25-14-12-24(39-3)13-15-25)19-28(35)27(16-22-8-5-4-6-9-22)33-32(36)41-30-17-23-20-40-29-11-7-10-26(30)31(23)29/h4-6,8-9,12-15,21,23,26-31,35H,7,10-11,16-20H2,1-3H3,(H,33,36)/t23-,26?,27+,28-,29-,30-,31+/m1/s1. The molecule has 9 nitrogen and oxygen atoms in total. The Morgan fingerprint density at radius 3 is 2.52 bits per heavy atom. The monoisotopic (exact) mass is 600 g/mol. The van der Waals surface area contributed by atoms with Gasteiger partial charge < -0.3 is 24.6 Å². The van der Waals surface area contributed by atoms with E-state index in [0.717, 1.165) is 37.9 Å². The van der Waals surface area contributed by atoms with Crippen LogP contribution in [-0.2, 0) is 25.9 Å². The summed E-state index contributed by atoms with van der Waals surface area (Å²) in [5.74, 6) is 1.75. The lowest BCUT2D eigenvalue weighted by molar-refractivity contribution is -0.00408. The number of hydrogen-bond acceptors (Lipinski definition) is 7. The molecule has 3 aliphatic rings. The Bertz CT molecular complexity index is 1290. The molecule has 1 heterocycles. The first kappa shape index (κ1) is 30.8. The number of sulfonamides is 1. The fourth-order valence-electron chi connectivity index (χ4n) is 7.07. The summed E-state index contributed by atoms with van der Waals surface area (Å²) in [4.78, 5) is 13.4. The number of rotatable bonds is 12. The van der Waals surface area contributed by atoms with Crippen LogP contribution in [0.2, 0.25) is 0 Å². The molecule has 7 atom stereocenters. The van der Waals surface area contributed by atoms with Gasteiger partial charge in [-0.15, -0.1) is 0 Å². The van der Waals surface area contributed by atoms with Crippen molar-refractivity contribution in [2.75, 3.05) is 26.8 Å². The lowest BCUT2D eigenvalue weighted by atomic mass is 9.77. The van der Waals surface area contributed by atoms with Crippen molar-refractivity contribution in [1.29, 1.82) is 0 Å². The molecule has 1 aliphatic heterocycles. The molecule has 0 aromatic heterocycles. The van der Waals surface area contributed by atoms with E-state index in [1.165, 1.54) is 23.5 Å². The van der Waals surface area contributed by atoms with E-state index >= 15 is 0 Å². The number of nitrogens with zero attached hydrogens (tertiary/aromatic N) is 1. The highest BCUT2D eigenvalue weighted by atomic mass is 32.2.